The molecular weight excluding hydrogens is 829 g/mol. The third kappa shape index (κ3) is 10.1. The molecule has 342 valence electrons. The normalized spacial score (nSPS) is 22.6. The highest BCUT2D eigenvalue weighted by atomic mass is 16.7. The van der Waals surface area contributed by atoms with Crippen LogP contribution in [0.2, 0.25) is 0 Å². The number of oxime groups is 1. The van der Waals surface area contributed by atoms with E-state index in [0.29, 0.717) is 42.2 Å². The van der Waals surface area contributed by atoms with Gasteiger partial charge in [-0.25, -0.2) is 4.79 Å². The molecular formula is C51H58N4O10. The molecule has 0 radical (unpaired) electrons. The molecule has 0 unspecified atom stereocenters. The average molecular weight is 887 g/mol. The third-order valence-corrected chi connectivity index (χ3v) is 12.8. The van der Waals surface area contributed by atoms with Gasteiger partial charge in [0.15, 0.2) is 0 Å². The highest BCUT2D eigenvalue weighted by molar-refractivity contribution is 6.03. The molecule has 0 spiro atoms. The number of unbranched alkanes of at least 4 members (excludes halogenated alkanes) is 2. The Morgan fingerprint density at radius 3 is 2.49 bits per heavy atom. The highest BCUT2D eigenvalue weighted by Crippen LogP contribution is 2.62. The lowest BCUT2D eigenvalue weighted by atomic mass is 9.55. The van der Waals surface area contributed by atoms with Gasteiger partial charge in [-0.05, 0) is 108 Å². The van der Waals surface area contributed by atoms with Crippen LogP contribution in [0.25, 0.3) is 16.8 Å². The van der Waals surface area contributed by atoms with E-state index in [-0.39, 0.29) is 62.1 Å². The summed E-state index contributed by atoms with van der Waals surface area (Å²) >= 11 is 0. The van der Waals surface area contributed by atoms with Gasteiger partial charge in [-0.15, -0.1) is 6.58 Å². The molecule has 7 rings (SSSR count). The number of benzene rings is 4. The van der Waals surface area contributed by atoms with Crippen LogP contribution < -0.4 is 14.8 Å². The molecule has 3 aliphatic rings. The second-order valence-electron chi connectivity index (χ2n) is 16.7. The highest BCUT2D eigenvalue weighted by Gasteiger charge is 2.65. The van der Waals surface area contributed by atoms with Crippen molar-refractivity contribution in [1.82, 2.24) is 10.2 Å². The van der Waals surface area contributed by atoms with E-state index in [9.17, 15) is 25.1 Å². The molecule has 1 heterocycles. The number of nitro groups is 1. The number of aliphatic hydroxyl groups excluding tert-OH is 2. The van der Waals surface area contributed by atoms with E-state index in [4.69, 9.17) is 24.2 Å². The lowest BCUT2D eigenvalue weighted by molar-refractivity contribution is -0.384. The number of non-ortho nitro benzene ring substituents is 1. The average Bonchev–Trinajstić information content (AvgIpc) is 3.31. The van der Waals surface area contributed by atoms with Crippen LogP contribution in [0.15, 0.2) is 120 Å². The summed E-state index contributed by atoms with van der Waals surface area (Å²) in [6.07, 6.45) is 10.9. The van der Waals surface area contributed by atoms with Crippen LogP contribution >= 0.6 is 0 Å². The van der Waals surface area contributed by atoms with Crippen LogP contribution in [0, 0.1) is 27.9 Å². The van der Waals surface area contributed by atoms with Crippen molar-refractivity contribution in [3.8, 4) is 11.5 Å². The number of rotatable bonds is 20. The SMILES string of the molecule is C=CCO[C@@]12Oc3ccc(OC(=O)NCC)cc3[C@H]3[C@H](CCCCO)[C@@H](CCCCO)C=C(C(=NOC)C[C@@H]1N(Cc1cccc4ccccc14)C(=O)C=Cc1ccc([N+](=O)[O-])cc1)[C@H]32. The molecule has 14 nitrogen and oxygen atoms in total. The maximum atomic E-state index is 15.2. The van der Waals surface area contributed by atoms with Gasteiger partial charge in [-0.2, -0.15) is 0 Å². The van der Waals surface area contributed by atoms with Gasteiger partial charge in [-0.1, -0.05) is 72.6 Å². The standard InChI is InChI=1S/C51H58N4O10/c1-4-29-63-51-46(54(33-37-16-12-15-35-13-6-7-17-40(35)37)47(58)26-21-34-19-22-38(23-20-34)55(60)61)32-44(53-62-3)42-30-36(14-8-10-27-56)41(18-9-11-28-57)48(49(42)51)43-31-39(24-25-45(43)65-51)64-50(59)52-5-2/h4,6-7,12-13,15-17,19-26,30-31,36,41,46,48-49,56-57H,1,5,8-11,14,18,27-29,32-33H2,2-3H3,(H,52,59)/t36-,41+,46-,48+,49+,51+/m0/s1. The van der Waals surface area contributed by atoms with Crippen LogP contribution in [0.5, 0.6) is 11.5 Å². The second kappa shape index (κ2) is 21.6. The van der Waals surface area contributed by atoms with E-state index in [2.05, 4.69) is 18.0 Å². The van der Waals surface area contributed by atoms with Gasteiger partial charge in [0.05, 0.1) is 23.2 Å². The summed E-state index contributed by atoms with van der Waals surface area (Å²) in [6, 6.07) is 24.5. The number of hydrogen-bond donors (Lipinski definition) is 3. The summed E-state index contributed by atoms with van der Waals surface area (Å²) in [5.41, 5.74) is 3.73. The van der Waals surface area contributed by atoms with Crippen LogP contribution in [0.1, 0.15) is 74.5 Å². The van der Waals surface area contributed by atoms with Gasteiger partial charge in [0.2, 0.25) is 11.7 Å². The Labute approximate surface area is 379 Å². The molecule has 1 aliphatic heterocycles. The molecule has 1 fully saturated rings. The molecule has 4 aromatic rings. The number of amides is 2. The lowest BCUT2D eigenvalue weighted by Gasteiger charge is -2.60. The van der Waals surface area contributed by atoms with Gasteiger partial charge in [0, 0.05) is 62.4 Å². The molecule has 65 heavy (non-hydrogen) atoms. The monoisotopic (exact) mass is 886 g/mol. The third-order valence-electron chi connectivity index (χ3n) is 12.8. The number of nitrogens with one attached hydrogen (secondary N) is 1. The first-order valence-corrected chi connectivity index (χ1v) is 22.4. The van der Waals surface area contributed by atoms with Crippen molar-refractivity contribution >= 4 is 40.2 Å². The van der Waals surface area contributed by atoms with Crippen LogP contribution in [0.3, 0.4) is 0 Å². The molecule has 0 bridgehead atoms. The number of carbonyl (C=O) groups excluding carboxylic acids is 2. The molecule has 14 heteroatoms. The number of allylic oxidation sites excluding steroid dienone is 1. The maximum absolute atomic E-state index is 15.2. The number of nitrogens with zero attached hydrogens (tertiary/aromatic N) is 3. The Morgan fingerprint density at radius 1 is 1.02 bits per heavy atom. The van der Waals surface area contributed by atoms with E-state index >= 15 is 4.79 Å². The summed E-state index contributed by atoms with van der Waals surface area (Å²) < 4.78 is 20.3. The first kappa shape index (κ1) is 46.6. The zero-order chi connectivity index (χ0) is 45.9. The predicted molar refractivity (Wildman–Crippen MR) is 248 cm³/mol. The molecule has 0 aromatic heterocycles. The van der Waals surface area contributed by atoms with E-state index in [0.717, 1.165) is 53.2 Å². The van der Waals surface area contributed by atoms with Crippen molar-refractivity contribution in [3.05, 3.63) is 142 Å². The summed E-state index contributed by atoms with van der Waals surface area (Å²) in [4.78, 5) is 46.4. The predicted octanol–water partition coefficient (Wildman–Crippen LogP) is 8.86. The Hall–Kier alpha value is -6.35. The van der Waals surface area contributed by atoms with Gasteiger partial charge in [0.25, 0.3) is 5.69 Å². The molecule has 0 saturated heterocycles. The number of nitro benzene ring substituents is 1. The first-order valence-electron chi connectivity index (χ1n) is 22.4. The summed E-state index contributed by atoms with van der Waals surface area (Å²) in [6.45, 7) is 6.55. The number of aliphatic hydroxyl groups is 2. The van der Waals surface area contributed by atoms with Gasteiger partial charge >= 0.3 is 6.09 Å². The van der Waals surface area contributed by atoms with Crippen molar-refractivity contribution in [1.29, 1.82) is 0 Å². The Balaban J connectivity index is 1.46. The van der Waals surface area contributed by atoms with Crippen molar-refractivity contribution in [3.63, 3.8) is 0 Å². The van der Waals surface area contributed by atoms with E-state index in [1.807, 2.05) is 55.5 Å². The van der Waals surface area contributed by atoms with Crippen molar-refractivity contribution in [2.45, 2.75) is 76.2 Å². The van der Waals surface area contributed by atoms with Crippen LogP contribution in [-0.4, -0.2) is 83.1 Å². The van der Waals surface area contributed by atoms with E-state index in [1.165, 1.54) is 25.3 Å². The summed E-state index contributed by atoms with van der Waals surface area (Å²) in [5.74, 6) is -2.02. The van der Waals surface area contributed by atoms with Crippen LogP contribution in [-0.2, 0) is 20.9 Å². The number of fused-ring (bicyclic) bond motifs is 3. The quantitative estimate of drug-likeness (QED) is 0.0255. The number of ether oxygens (including phenoxy) is 3. The van der Waals surface area contributed by atoms with Crippen molar-refractivity contribution < 1.29 is 43.8 Å². The van der Waals surface area contributed by atoms with Crippen LogP contribution in [0.4, 0.5) is 10.5 Å². The first-order chi connectivity index (χ1) is 31.7. The number of carbonyl (C=O) groups is 2. The van der Waals surface area contributed by atoms with E-state index in [1.54, 1.807) is 41.3 Å². The molecule has 4 aromatic carbocycles. The Kier molecular flexibility index (Phi) is 15.5. The fraction of sp³-hybridized carbons (Fsp3) is 0.392. The van der Waals surface area contributed by atoms with Crippen molar-refractivity contribution in [2.75, 3.05) is 33.5 Å². The minimum atomic E-state index is -1.54. The molecule has 1 saturated carbocycles. The zero-order valence-electron chi connectivity index (χ0n) is 37.0. The largest absolute Gasteiger partial charge is 0.459 e. The zero-order valence-corrected chi connectivity index (χ0v) is 37.0. The summed E-state index contributed by atoms with van der Waals surface area (Å²) in [5, 5.41) is 40.7. The lowest BCUT2D eigenvalue weighted by Crippen LogP contribution is -2.70. The minimum absolute atomic E-state index is 0.00386. The molecule has 2 aliphatic carbocycles. The van der Waals surface area contributed by atoms with Gasteiger partial charge in [-0.3, -0.25) is 14.9 Å². The fourth-order valence-corrected chi connectivity index (χ4v) is 10.0. The molecule has 2 amide bonds. The smallest absolute Gasteiger partial charge is 0.412 e. The van der Waals surface area contributed by atoms with Crippen molar-refractivity contribution in [2.24, 2.45) is 22.9 Å². The van der Waals surface area contributed by atoms with Gasteiger partial charge in [0.1, 0.15) is 24.7 Å². The fourth-order valence-electron chi connectivity index (χ4n) is 10.0. The Bertz CT molecular complexity index is 2430. The molecule has 6 atom stereocenters. The minimum Gasteiger partial charge on any atom is -0.459 e. The maximum Gasteiger partial charge on any atom is 0.412 e. The Morgan fingerprint density at radius 2 is 1.77 bits per heavy atom. The summed E-state index contributed by atoms with van der Waals surface area (Å²) in [7, 11) is 1.50. The topological polar surface area (TPSA) is 182 Å². The van der Waals surface area contributed by atoms with Gasteiger partial charge < -0.3 is 39.5 Å². The number of hydrogen-bond acceptors (Lipinski definition) is 11. The van der Waals surface area contributed by atoms with E-state index < -0.39 is 28.8 Å². The second-order valence-corrected chi connectivity index (χ2v) is 16.7. The molecule has 3 N–H and O–H groups in total.